The number of aromatic nitrogens is 3. The lowest BCUT2D eigenvalue weighted by Crippen LogP contribution is -2.23. The second kappa shape index (κ2) is 8.26. The lowest BCUT2D eigenvalue weighted by atomic mass is 10.1. The average molecular weight is 401 g/mol. The van der Waals surface area contributed by atoms with Crippen molar-refractivity contribution in [2.24, 2.45) is 0 Å². The van der Waals surface area contributed by atoms with Crippen LogP contribution in [0, 0.1) is 0 Å². The van der Waals surface area contributed by atoms with Gasteiger partial charge in [-0.15, -0.1) is 0 Å². The molecular formula is C20H18F3N5O. The van der Waals surface area contributed by atoms with Crippen LogP contribution in [0.25, 0.3) is 11.4 Å². The maximum atomic E-state index is 13.3. The van der Waals surface area contributed by atoms with E-state index in [1.165, 1.54) is 29.4 Å². The minimum atomic E-state index is -4.61. The van der Waals surface area contributed by atoms with Crippen molar-refractivity contribution < 1.29 is 18.0 Å². The van der Waals surface area contributed by atoms with Gasteiger partial charge in [0, 0.05) is 43.8 Å². The zero-order valence-corrected chi connectivity index (χ0v) is 15.7. The molecule has 29 heavy (non-hydrogen) atoms. The zero-order valence-electron chi connectivity index (χ0n) is 15.7. The molecule has 3 rings (SSSR count). The van der Waals surface area contributed by atoms with E-state index in [1.807, 2.05) is 0 Å². The van der Waals surface area contributed by atoms with Crippen molar-refractivity contribution in [2.75, 3.05) is 19.4 Å². The number of amides is 1. The highest BCUT2D eigenvalue weighted by atomic mass is 19.4. The Bertz CT molecular complexity index is 989. The van der Waals surface area contributed by atoms with Gasteiger partial charge in [0.15, 0.2) is 11.5 Å². The van der Waals surface area contributed by atoms with Crippen LogP contribution in [0.2, 0.25) is 0 Å². The Morgan fingerprint density at radius 2 is 1.69 bits per heavy atom. The summed E-state index contributed by atoms with van der Waals surface area (Å²) in [6.07, 6.45) is -1.46. The summed E-state index contributed by atoms with van der Waals surface area (Å²) in [5.41, 5.74) is 0.714. The first-order chi connectivity index (χ1) is 13.7. The molecule has 1 amide bonds. The van der Waals surface area contributed by atoms with Crippen molar-refractivity contribution in [3.63, 3.8) is 0 Å². The highest BCUT2D eigenvalue weighted by molar-refractivity contribution is 5.78. The molecule has 2 heterocycles. The fraction of sp³-hybridized carbons (Fsp3) is 0.200. The van der Waals surface area contributed by atoms with Crippen molar-refractivity contribution in [2.45, 2.75) is 12.6 Å². The number of benzene rings is 1. The molecule has 2 aromatic heterocycles. The van der Waals surface area contributed by atoms with Crippen LogP contribution in [0.1, 0.15) is 11.3 Å². The van der Waals surface area contributed by atoms with Gasteiger partial charge in [0.1, 0.15) is 5.82 Å². The topological polar surface area (TPSA) is 71.0 Å². The van der Waals surface area contributed by atoms with Crippen LogP contribution in [0.3, 0.4) is 0 Å². The Labute approximate surface area is 165 Å². The second-order valence-electron chi connectivity index (χ2n) is 6.48. The third-order valence-electron chi connectivity index (χ3n) is 4.04. The summed E-state index contributed by atoms with van der Waals surface area (Å²) in [7, 11) is 3.35. The number of pyridine rings is 1. The minimum absolute atomic E-state index is 0.0104. The largest absolute Gasteiger partial charge is 0.433 e. The van der Waals surface area contributed by atoms with Crippen LogP contribution >= 0.6 is 0 Å². The van der Waals surface area contributed by atoms with E-state index >= 15 is 0 Å². The summed E-state index contributed by atoms with van der Waals surface area (Å²) in [5.74, 6) is -0.0903. The molecule has 0 unspecified atom stereocenters. The molecule has 0 spiro atoms. The Morgan fingerprint density at radius 1 is 1.03 bits per heavy atom. The van der Waals surface area contributed by atoms with Gasteiger partial charge in [0.05, 0.1) is 6.42 Å². The van der Waals surface area contributed by atoms with E-state index in [4.69, 9.17) is 0 Å². The lowest BCUT2D eigenvalue weighted by molar-refractivity contribution is -0.141. The summed E-state index contributed by atoms with van der Waals surface area (Å²) in [5, 5.41) is 2.87. The number of hydrogen-bond acceptors (Lipinski definition) is 5. The SMILES string of the molecule is CN(C)C(=O)Cc1ccc(Nc2cc(C(F)(F)F)nc(-c3ccncc3)n2)cc1. The predicted octanol–water partition coefficient (Wildman–Crippen LogP) is 3.93. The average Bonchev–Trinajstić information content (AvgIpc) is 2.69. The van der Waals surface area contributed by atoms with Crippen LogP contribution in [0.5, 0.6) is 0 Å². The number of carbonyl (C=O) groups is 1. The first-order valence-corrected chi connectivity index (χ1v) is 8.65. The van der Waals surface area contributed by atoms with Crippen LogP contribution in [0.15, 0.2) is 54.9 Å². The number of nitrogens with one attached hydrogen (secondary N) is 1. The molecule has 0 aliphatic carbocycles. The Kier molecular flexibility index (Phi) is 5.76. The standard InChI is InChI=1S/C20H18F3N5O/c1-28(2)18(29)11-13-3-5-15(6-4-13)25-17-12-16(20(21,22)23)26-19(27-17)14-7-9-24-10-8-14/h3-10,12H,11H2,1-2H3,(H,25,26,27). The quantitative estimate of drug-likeness (QED) is 0.701. The molecule has 0 saturated carbocycles. The first-order valence-electron chi connectivity index (χ1n) is 8.65. The van der Waals surface area contributed by atoms with E-state index in [2.05, 4.69) is 20.3 Å². The molecule has 1 N–H and O–H groups in total. The highest BCUT2D eigenvalue weighted by Crippen LogP contribution is 2.31. The summed E-state index contributed by atoms with van der Waals surface area (Å²) >= 11 is 0. The number of likely N-dealkylation sites (N-methyl/N-ethyl adjacent to an activating group) is 1. The highest BCUT2D eigenvalue weighted by Gasteiger charge is 2.33. The van der Waals surface area contributed by atoms with E-state index in [-0.39, 0.29) is 24.0 Å². The molecule has 0 atom stereocenters. The van der Waals surface area contributed by atoms with E-state index < -0.39 is 11.9 Å². The smallest absolute Gasteiger partial charge is 0.349 e. The molecule has 0 fully saturated rings. The minimum Gasteiger partial charge on any atom is -0.349 e. The third-order valence-corrected chi connectivity index (χ3v) is 4.04. The molecule has 3 aromatic rings. The lowest BCUT2D eigenvalue weighted by Gasteiger charge is -2.13. The maximum Gasteiger partial charge on any atom is 0.433 e. The van der Waals surface area contributed by atoms with Gasteiger partial charge in [0.2, 0.25) is 5.91 Å². The van der Waals surface area contributed by atoms with E-state index in [0.29, 0.717) is 11.3 Å². The molecule has 6 nitrogen and oxygen atoms in total. The maximum absolute atomic E-state index is 13.3. The molecule has 0 radical (unpaired) electrons. The van der Waals surface area contributed by atoms with Crippen molar-refractivity contribution in [1.82, 2.24) is 19.9 Å². The van der Waals surface area contributed by atoms with E-state index in [0.717, 1.165) is 11.6 Å². The molecule has 0 bridgehead atoms. The molecule has 0 aliphatic heterocycles. The van der Waals surface area contributed by atoms with Crippen molar-refractivity contribution in [3.8, 4) is 11.4 Å². The van der Waals surface area contributed by atoms with Gasteiger partial charge >= 0.3 is 6.18 Å². The Balaban J connectivity index is 1.87. The number of hydrogen-bond donors (Lipinski definition) is 1. The van der Waals surface area contributed by atoms with Gasteiger partial charge in [-0.25, -0.2) is 9.97 Å². The van der Waals surface area contributed by atoms with Crippen molar-refractivity contribution in [1.29, 1.82) is 0 Å². The first kappa shape index (κ1) is 20.2. The van der Waals surface area contributed by atoms with Gasteiger partial charge in [0.25, 0.3) is 0 Å². The number of rotatable bonds is 5. The predicted molar refractivity (Wildman–Crippen MR) is 102 cm³/mol. The van der Waals surface area contributed by atoms with Gasteiger partial charge in [-0.1, -0.05) is 12.1 Å². The van der Waals surface area contributed by atoms with Crippen LogP contribution < -0.4 is 5.32 Å². The van der Waals surface area contributed by atoms with Gasteiger partial charge in [-0.05, 0) is 29.8 Å². The number of nitrogens with zero attached hydrogens (tertiary/aromatic N) is 4. The third kappa shape index (κ3) is 5.28. The molecule has 150 valence electrons. The Hall–Kier alpha value is -3.49. The van der Waals surface area contributed by atoms with Crippen molar-refractivity contribution in [3.05, 3.63) is 66.1 Å². The fourth-order valence-corrected chi connectivity index (χ4v) is 2.47. The second-order valence-corrected chi connectivity index (χ2v) is 6.48. The van der Waals surface area contributed by atoms with Crippen LogP contribution in [-0.2, 0) is 17.4 Å². The molecule has 0 saturated heterocycles. The molecular weight excluding hydrogens is 383 g/mol. The van der Waals surface area contributed by atoms with E-state index in [9.17, 15) is 18.0 Å². The molecule has 9 heteroatoms. The van der Waals surface area contributed by atoms with Crippen LogP contribution in [-0.4, -0.2) is 39.9 Å². The summed E-state index contributed by atoms with van der Waals surface area (Å²) in [4.78, 5) is 24.9. The van der Waals surface area contributed by atoms with E-state index in [1.54, 1.807) is 38.4 Å². The number of halogens is 3. The Morgan fingerprint density at radius 3 is 2.28 bits per heavy atom. The van der Waals surface area contributed by atoms with Gasteiger partial charge in [-0.3, -0.25) is 9.78 Å². The zero-order chi connectivity index (χ0) is 21.0. The number of carbonyl (C=O) groups excluding carboxylic acids is 1. The number of anilines is 2. The van der Waals surface area contributed by atoms with Gasteiger partial charge < -0.3 is 10.2 Å². The van der Waals surface area contributed by atoms with Crippen molar-refractivity contribution >= 4 is 17.4 Å². The summed E-state index contributed by atoms with van der Waals surface area (Å²) in [6.45, 7) is 0. The van der Waals surface area contributed by atoms with Crippen LogP contribution in [0.4, 0.5) is 24.7 Å². The summed E-state index contributed by atoms with van der Waals surface area (Å²) in [6, 6.07) is 10.8. The molecule has 0 aliphatic rings. The monoisotopic (exact) mass is 401 g/mol. The number of alkyl halides is 3. The fourth-order valence-electron chi connectivity index (χ4n) is 2.47. The molecule has 1 aromatic carbocycles. The normalized spacial score (nSPS) is 11.2. The van der Waals surface area contributed by atoms with Gasteiger partial charge in [-0.2, -0.15) is 13.2 Å². The summed E-state index contributed by atoms with van der Waals surface area (Å²) < 4.78 is 39.8.